The van der Waals surface area contributed by atoms with Crippen molar-refractivity contribution in [3.63, 3.8) is 0 Å². The summed E-state index contributed by atoms with van der Waals surface area (Å²) in [5, 5.41) is 9.01. The van der Waals surface area contributed by atoms with E-state index in [1.165, 1.54) is 0 Å². The summed E-state index contributed by atoms with van der Waals surface area (Å²) in [5.41, 5.74) is 2.69. The minimum atomic E-state index is -0.154. The summed E-state index contributed by atoms with van der Waals surface area (Å²) >= 11 is 0. The van der Waals surface area contributed by atoms with E-state index < -0.39 is 0 Å². The van der Waals surface area contributed by atoms with E-state index in [2.05, 4.69) is 17.4 Å². The van der Waals surface area contributed by atoms with Gasteiger partial charge in [-0.25, -0.2) is 0 Å². The van der Waals surface area contributed by atoms with Crippen molar-refractivity contribution in [1.82, 2.24) is 5.16 Å². The van der Waals surface area contributed by atoms with Crippen LogP contribution in [0.3, 0.4) is 0 Å². The van der Waals surface area contributed by atoms with Crippen molar-refractivity contribution in [2.24, 2.45) is 5.92 Å². The molecule has 0 aliphatic heterocycles. The fraction of sp³-hybridized carbons (Fsp3) is 0.263. The Bertz CT molecular complexity index is 877. The topological polar surface area (TPSA) is 55.1 Å². The SMILES string of the molecule is CC1CCc2noc(NC(=O)c3cccc4ccccc34)c2C1. The van der Waals surface area contributed by atoms with Crippen LogP contribution in [-0.2, 0) is 12.8 Å². The van der Waals surface area contributed by atoms with Crippen molar-refractivity contribution in [1.29, 1.82) is 0 Å². The number of hydrogen-bond acceptors (Lipinski definition) is 3. The minimum Gasteiger partial charge on any atom is -0.338 e. The van der Waals surface area contributed by atoms with E-state index in [-0.39, 0.29) is 5.91 Å². The maximum absolute atomic E-state index is 12.7. The van der Waals surface area contributed by atoms with Crippen LogP contribution in [0.4, 0.5) is 5.88 Å². The lowest BCUT2D eigenvalue weighted by atomic mass is 9.89. The second-order valence-corrected chi connectivity index (χ2v) is 6.27. The predicted octanol–water partition coefficient (Wildman–Crippen LogP) is 4.20. The number of aromatic nitrogens is 1. The quantitative estimate of drug-likeness (QED) is 0.772. The number of fused-ring (bicyclic) bond motifs is 2. The molecule has 1 heterocycles. The standard InChI is InChI=1S/C19H18N2O2/c1-12-9-10-17-16(11-12)19(23-21-17)20-18(22)15-8-4-6-13-5-2-3-7-14(13)15/h2-8,12H,9-11H2,1H3,(H,20,22). The smallest absolute Gasteiger partial charge is 0.258 e. The first kappa shape index (κ1) is 14.0. The van der Waals surface area contributed by atoms with Gasteiger partial charge >= 0.3 is 0 Å². The molecule has 1 aliphatic rings. The van der Waals surface area contributed by atoms with Gasteiger partial charge in [-0.2, -0.15) is 0 Å². The van der Waals surface area contributed by atoms with Gasteiger partial charge in [-0.15, -0.1) is 0 Å². The highest BCUT2D eigenvalue weighted by Gasteiger charge is 2.24. The summed E-state index contributed by atoms with van der Waals surface area (Å²) in [6.07, 6.45) is 2.95. The normalized spacial score (nSPS) is 17.0. The third kappa shape index (κ3) is 2.50. The fourth-order valence-corrected chi connectivity index (χ4v) is 3.27. The van der Waals surface area contributed by atoms with Crippen LogP contribution < -0.4 is 5.32 Å². The maximum Gasteiger partial charge on any atom is 0.258 e. The van der Waals surface area contributed by atoms with Gasteiger partial charge < -0.3 is 4.52 Å². The van der Waals surface area contributed by atoms with Crippen LogP contribution in [0.25, 0.3) is 10.8 Å². The first-order valence-electron chi connectivity index (χ1n) is 7.99. The highest BCUT2D eigenvalue weighted by molar-refractivity contribution is 6.12. The number of rotatable bonds is 2. The largest absolute Gasteiger partial charge is 0.338 e. The Hall–Kier alpha value is -2.62. The third-order valence-electron chi connectivity index (χ3n) is 4.56. The van der Waals surface area contributed by atoms with Gasteiger partial charge in [-0.3, -0.25) is 10.1 Å². The van der Waals surface area contributed by atoms with E-state index in [0.717, 1.165) is 41.3 Å². The summed E-state index contributed by atoms with van der Waals surface area (Å²) < 4.78 is 5.39. The Balaban J connectivity index is 1.67. The summed E-state index contributed by atoms with van der Waals surface area (Å²) in [6.45, 7) is 2.21. The average Bonchev–Trinajstić information content (AvgIpc) is 2.96. The van der Waals surface area contributed by atoms with Crippen molar-refractivity contribution in [3.05, 3.63) is 59.3 Å². The number of anilines is 1. The number of aryl methyl sites for hydroxylation is 1. The van der Waals surface area contributed by atoms with Gasteiger partial charge in [-0.05, 0) is 42.0 Å². The summed E-state index contributed by atoms with van der Waals surface area (Å²) in [4.78, 5) is 12.7. The summed E-state index contributed by atoms with van der Waals surface area (Å²) in [6, 6.07) is 13.6. The molecule has 1 atom stereocenters. The number of carbonyl (C=O) groups excluding carboxylic acids is 1. The van der Waals surface area contributed by atoms with Crippen LogP contribution in [0.1, 0.15) is 35.0 Å². The molecule has 1 aliphatic carbocycles. The van der Waals surface area contributed by atoms with Crippen LogP contribution in [0, 0.1) is 5.92 Å². The minimum absolute atomic E-state index is 0.154. The van der Waals surface area contributed by atoms with E-state index in [4.69, 9.17) is 4.52 Å². The number of amides is 1. The number of carbonyl (C=O) groups is 1. The Labute approximate surface area is 134 Å². The molecule has 0 radical (unpaired) electrons. The van der Waals surface area contributed by atoms with Crippen LogP contribution in [0.2, 0.25) is 0 Å². The molecule has 1 N–H and O–H groups in total. The molecule has 0 spiro atoms. The van der Waals surface area contributed by atoms with Crippen LogP contribution in [0.5, 0.6) is 0 Å². The molecule has 1 amide bonds. The molecule has 0 saturated carbocycles. The van der Waals surface area contributed by atoms with Crippen molar-refractivity contribution in [3.8, 4) is 0 Å². The summed E-state index contributed by atoms with van der Waals surface area (Å²) in [7, 11) is 0. The first-order chi connectivity index (χ1) is 11.2. The lowest BCUT2D eigenvalue weighted by Crippen LogP contribution is -2.16. The molecule has 4 heteroatoms. The number of nitrogens with zero attached hydrogens (tertiary/aromatic N) is 1. The monoisotopic (exact) mass is 306 g/mol. The molecule has 4 nitrogen and oxygen atoms in total. The van der Waals surface area contributed by atoms with Crippen molar-refractivity contribution in [2.75, 3.05) is 5.32 Å². The maximum atomic E-state index is 12.7. The molecule has 0 fully saturated rings. The zero-order valence-corrected chi connectivity index (χ0v) is 13.0. The first-order valence-corrected chi connectivity index (χ1v) is 7.99. The molecule has 0 bridgehead atoms. The van der Waals surface area contributed by atoms with E-state index in [1.807, 2.05) is 42.5 Å². The molecule has 1 aromatic heterocycles. The lowest BCUT2D eigenvalue weighted by Gasteiger charge is -2.16. The Kier molecular flexibility index (Phi) is 3.37. The van der Waals surface area contributed by atoms with E-state index >= 15 is 0 Å². The second-order valence-electron chi connectivity index (χ2n) is 6.27. The zero-order chi connectivity index (χ0) is 15.8. The number of nitrogens with one attached hydrogen (secondary N) is 1. The molecule has 2 aromatic carbocycles. The fourth-order valence-electron chi connectivity index (χ4n) is 3.27. The van der Waals surface area contributed by atoms with Gasteiger partial charge in [-0.1, -0.05) is 48.5 Å². The zero-order valence-electron chi connectivity index (χ0n) is 13.0. The third-order valence-corrected chi connectivity index (χ3v) is 4.56. The number of hydrogen-bond donors (Lipinski definition) is 1. The Morgan fingerprint density at radius 3 is 2.96 bits per heavy atom. The Morgan fingerprint density at radius 2 is 2.04 bits per heavy atom. The molecule has 3 aromatic rings. The second kappa shape index (κ2) is 5.54. The van der Waals surface area contributed by atoms with Crippen LogP contribution >= 0.6 is 0 Å². The highest BCUT2D eigenvalue weighted by atomic mass is 16.5. The van der Waals surface area contributed by atoms with Crippen molar-refractivity contribution in [2.45, 2.75) is 26.2 Å². The van der Waals surface area contributed by atoms with Gasteiger partial charge in [0.1, 0.15) is 0 Å². The molecule has 0 saturated heterocycles. The molecule has 1 unspecified atom stereocenters. The molecular weight excluding hydrogens is 288 g/mol. The van der Waals surface area contributed by atoms with Gasteiger partial charge in [0.15, 0.2) is 0 Å². The van der Waals surface area contributed by atoms with Crippen molar-refractivity contribution >= 4 is 22.6 Å². The summed E-state index contributed by atoms with van der Waals surface area (Å²) in [5.74, 6) is 0.943. The average molecular weight is 306 g/mol. The highest BCUT2D eigenvalue weighted by Crippen LogP contribution is 2.31. The van der Waals surface area contributed by atoms with E-state index in [1.54, 1.807) is 0 Å². The van der Waals surface area contributed by atoms with Crippen LogP contribution in [0.15, 0.2) is 47.0 Å². The van der Waals surface area contributed by atoms with E-state index in [9.17, 15) is 4.79 Å². The van der Waals surface area contributed by atoms with Gasteiger partial charge in [0, 0.05) is 11.1 Å². The predicted molar refractivity (Wildman–Crippen MR) is 89.6 cm³/mol. The molecule has 23 heavy (non-hydrogen) atoms. The van der Waals surface area contributed by atoms with Gasteiger partial charge in [0.2, 0.25) is 5.88 Å². The van der Waals surface area contributed by atoms with Gasteiger partial charge in [0.25, 0.3) is 5.91 Å². The van der Waals surface area contributed by atoms with Gasteiger partial charge in [0.05, 0.1) is 5.69 Å². The van der Waals surface area contributed by atoms with Crippen LogP contribution in [-0.4, -0.2) is 11.1 Å². The molecule has 4 rings (SSSR count). The van der Waals surface area contributed by atoms with E-state index in [0.29, 0.717) is 17.4 Å². The van der Waals surface area contributed by atoms with Crippen molar-refractivity contribution < 1.29 is 9.32 Å². The molecular formula is C19H18N2O2. The Morgan fingerprint density at radius 1 is 1.22 bits per heavy atom. The molecule has 116 valence electrons. The number of benzene rings is 2. The lowest BCUT2D eigenvalue weighted by molar-refractivity contribution is 0.102.